The van der Waals surface area contributed by atoms with E-state index in [9.17, 15) is 18.0 Å². The molecule has 0 radical (unpaired) electrons. The Morgan fingerprint density at radius 1 is 1.14 bits per heavy atom. The number of rotatable bonds is 5. The average molecular weight is 401 g/mol. The third-order valence-corrected chi connectivity index (χ3v) is 6.02. The van der Waals surface area contributed by atoms with Crippen LogP contribution >= 0.6 is 0 Å². The summed E-state index contributed by atoms with van der Waals surface area (Å²) in [5.74, 6) is -0.423. The summed E-state index contributed by atoms with van der Waals surface area (Å²) in [7, 11) is -3.28. The number of benzene rings is 2. The van der Waals surface area contributed by atoms with Crippen LogP contribution in [0.5, 0.6) is 0 Å². The smallest absolute Gasteiger partial charge is 0.229 e. The Balaban J connectivity index is 1.69. The van der Waals surface area contributed by atoms with Gasteiger partial charge in [-0.25, -0.2) is 8.42 Å². The van der Waals surface area contributed by atoms with E-state index in [4.69, 9.17) is 0 Å². The minimum absolute atomic E-state index is 0.0755. The number of carbonyl (C=O) groups excluding carboxylic acids is 2. The molecule has 2 aromatic rings. The highest BCUT2D eigenvalue weighted by molar-refractivity contribution is 7.90. The van der Waals surface area contributed by atoms with Crippen molar-refractivity contribution in [2.45, 2.75) is 31.1 Å². The van der Waals surface area contributed by atoms with E-state index in [0.717, 1.165) is 17.5 Å². The molecular formula is C21H24N2O4S. The number of sulfone groups is 1. The normalized spacial score (nSPS) is 17.2. The van der Waals surface area contributed by atoms with Crippen LogP contribution in [0.1, 0.15) is 31.7 Å². The van der Waals surface area contributed by atoms with Gasteiger partial charge in [0.15, 0.2) is 9.84 Å². The van der Waals surface area contributed by atoms with Crippen molar-refractivity contribution in [2.75, 3.05) is 23.0 Å². The molecule has 0 bridgehead atoms. The van der Waals surface area contributed by atoms with E-state index < -0.39 is 15.8 Å². The highest BCUT2D eigenvalue weighted by atomic mass is 32.2. The lowest BCUT2D eigenvalue weighted by atomic mass is 10.0. The van der Waals surface area contributed by atoms with Gasteiger partial charge in [0, 0.05) is 30.6 Å². The van der Waals surface area contributed by atoms with Crippen molar-refractivity contribution in [2.24, 2.45) is 5.92 Å². The van der Waals surface area contributed by atoms with Crippen LogP contribution in [0.15, 0.2) is 53.4 Å². The van der Waals surface area contributed by atoms with Gasteiger partial charge >= 0.3 is 0 Å². The van der Waals surface area contributed by atoms with Crippen molar-refractivity contribution in [3.05, 3.63) is 54.1 Å². The summed E-state index contributed by atoms with van der Waals surface area (Å²) >= 11 is 0. The Morgan fingerprint density at radius 3 is 2.43 bits per heavy atom. The van der Waals surface area contributed by atoms with Crippen LogP contribution in [0, 0.1) is 5.92 Å². The molecular weight excluding hydrogens is 376 g/mol. The quantitative estimate of drug-likeness (QED) is 0.835. The van der Waals surface area contributed by atoms with Crippen LogP contribution in [0.3, 0.4) is 0 Å². The molecule has 3 rings (SSSR count). The van der Waals surface area contributed by atoms with Crippen LogP contribution in [-0.2, 0) is 19.4 Å². The van der Waals surface area contributed by atoms with Gasteiger partial charge in [0.2, 0.25) is 11.8 Å². The molecule has 1 aliphatic rings. The summed E-state index contributed by atoms with van der Waals surface area (Å²) in [6.45, 7) is 4.51. The number of hydrogen-bond donors (Lipinski definition) is 1. The fraction of sp³-hybridized carbons (Fsp3) is 0.333. The lowest BCUT2D eigenvalue weighted by Gasteiger charge is -2.18. The van der Waals surface area contributed by atoms with Crippen LogP contribution in [0.25, 0.3) is 0 Å². The van der Waals surface area contributed by atoms with Crippen molar-refractivity contribution in [3.63, 3.8) is 0 Å². The molecule has 2 aromatic carbocycles. The topological polar surface area (TPSA) is 83.6 Å². The standard InChI is InChI=1S/C21H24N2O4S/c1-14(2)15-5-4-6-18(11-15)23-13-16(12-20(23)24)21(25)22-17-7-9-19(10-8-17)28(3,26)27/h4-11,14,16H,12-13H2,1-3H3,(H,22,25). The second kappa shape index (κ2) is 7.75. The van der Waals surface area contributed by atoms with Crippen molar-refractivity contribution < 1.29 is 18.0 Å². The zero-order chi connectivity index (χ0) is 20.5. The van der Waals surface area contributed by atoms with Crippen molar-refractivity contribution in [1.82, 2.24) is 0 Å². The number of anilines is 2. The molecule has 0 aromatic heterocycles. The average Bonchev–Trinajstić information content (AvgIpc) is 3.03. The minimum Gasteiger partial charge on any atom is -0.326 e. The number of amides is 2. The Morgan fingerprint density at radius 2 is 1.82 bits per heavy atom. The van der Waals surface area contributed by atoms with Crippen LogP contribution in [0.2, 0.25) is 0 Å². The number of carbonyl (C=O) groups is 2. The highest BCUT2D eigenvalue weighted by Crippen LogP contribution is 2.28. The van der Waals surface area contributed by atoms with Gasteiger partial charge in [-0.1, -0.05) is 26.0 Å². The molecule has 0 spiro atoms. The zero-order valence-corrected chi connectivity index (χ0v) is 17.0. The maximum Gasteiger partial charge on any atom is 0.229 e. The molecule has 28 heavy (non-hydrogen) atoms. The third kappa shape index (κ3) is 4.42. The van der Waals surface area contributed by atoms with E-state index >= 15 is 0 Å². The Hall–Kier alpha value is -2.67. The van der Waals surface area contributed by atoms with Gasteiger partial charge in [-0.2, -0.15) is 0 Å². The van der Waals surface area contributed by atoms with Crippen molar-refractivity contribution in [1.29, 1.82) is 0 Å². The summed E-state index contributed by atoms with van der Waals surface area (Å²) in [5, 5.41) is 2.77. The molecule has 1 N–H and O–H groups in total. The third-order valence-electron chi connectivity index (χ3n) is 4.89. The zero-order valence-electron chi connectivity index (χ0n) is 16.2. The lowest BCUT2D eigenvalue weighted by molar-refractivity contribution is -0.122. The minimum atomic E-state index is -3.28. The first kappa shape index (κ1) is 20.1. The van der Waals surface area contributed by atoms with Gasteiger partial charge in [0.05, 0.1) is 10.8 Å². The van der Waals surface area contributed by atoms with Gasteiger partial charge in [-0.05, 0) is 47.9 Å². The molecule has 2 amide bonds. The van der Waals surface area contributed by atoms with E-state index in [0.29, 0.717) is 18.2 Å². The highest BCUT2D eigenvalue weighted by Gasteiger charge is 2.35. The molecule has 148 valence electrons. The molecule has 1 atom stereocenters. The first-order valence-electron chi connectivity index (χ1n) is 9.16. The van der Waals surface area contributed by atoms with Gasteiger partial charge in [0.1, 0.15) is 0 Å². The van der Waals surface area contributed by atoms with Gasteiger partial charge in [-0.15, -0.1) is 0 Å². The summed E-state index contributed by atoms with van der Waals surface area (Å²) in [6.07, 6.45) is 1.28. The van der Waals surface area contributed by atoms with Crippen LogP contribution < -0.4 is 10.2 Å². The summed E-state index contributed by atoms with van der Waals surface area (Å²) in [6, 6.07) is 13.8. The van der Waals surface area contributed by atoms with E-state index in [-0.39, 0.29) is 23.1 Å². The SMILES string of the molecule is CC(C)c1cccc(N2CC(C(=O)Nc3ccc(S(C)(=O)=O)cc3)CC2=O)c1. The fourth-order valence-corrected chi connectivity index (χ4v) is 3.84. The Kier molecular flexibility index (Phi) is 5.56. The molecule has 7 heteroatoms. The summed E-state index contributed by atoms with van der Waals surface area (Å²) < 4.78 is 23.0. The van der Waals surface area contributed by atoms with Crippen LogP contribution in [0.4, 0.5) is 11.4 Å². The maximum absolute atomic E-state index is 12.6. The molecule has 1 aliphatic heterocycles. The first-order chi connectivity index (χ1) is 13.1. The second-order valence-electron chi connectivity index (χ2n) is 7.44. The lowest BCUT2D eigenvalue weighted by Crippen LogP contribution is -2.28. The molecule has 0 saturated carbocycles. The van der Waals surface area contributed by atoms with Gasteiger partial charge < -0.3 is 10.2 Å². The summed E-state index contributed by atoms with van der Waals surface area (Å²) in [5.41, 5.74) is 2.46. The van der Waals surface area contributed by atoms with Gasteiger partial charge in [-0.3, -0.25) is 9.59 Å². The van der Waals surface area contributed by atoms with Gasteiger partial charge in [0.25, 0.3) is 0 Å². The monoisotopic (exact) mass is 400 g/mol. The second-order valence-corrected chi connectivity index (χ2v) is 9.46. The van der Waals surface area contributed by atoms with Crippen LogP contribution in [-0.4, -0.2) is 33.0 Å². The maximum atomic E-state index is 12.6. The van der Waals surface area contributed by atoms with E-state index in [2.05, 4.69) is 19.2 Å². The largest absolute Gasteiger partial charge is 0.326 e. The number of nitrogens with zero attached hydrogens (tertiary/aromatic N) is 1. The van der Waals surface area contributed by atoms with Crippen molar-refractivity contribution in [3.8, 4) is 0 Å². The summed E-state index contributed by atoms with van der Waals surface area (Å²) in [4.78, 5) is 26.9. The Labute approximate surface area is 165 Å². The molecule has 6 nitrogen and oxygen atoms in total. The number of hydrogen-bond acceptors (Lipinski definition) is 4. The first-order valence-corrected chi connectivity index (χ1v) is 11.1. The predicted molar refractivity (Wildman–Crippen MR) is 109 cm³/mol. The molecule has 1 saturated heterocycles. The van der Waals surface area contributed by atoms with E-state index in [1.807, 2.05) is 24.3 Å². The molecule has 1 unspecified atom stereocenters. The molecule has 0 aliphatic carbocycles. The predicted octanol–water partition coefficient (Wildman–Crippen LogP) is 3.21. The van der Waals surface area contributed by atoms with E-state index in [1.54, 1.807) is 17.0 Å². The fourth-order valence-electron chi connectivity index (χ4n) is 3.21. The number of nitrogens with one attached hydrogen (secondary N) is 1. The van der Waals surface area contributed by atoms with E-state index in [1.165, 1.54) is 12.1 Å². The Bertz CT molecular complexity index is 997. The molecule has 1 heterocycles. The molecule has 1 fully saturated rings. The van der Waals surface area contributed by atoms with Crippen molar-refractivity contribution >= 4 is 33.0 Å².